The molecule has 1 fully saturated rings. The fourth-order valence-corrected chi connectivity index (χ4v) is 2.56. The quantitative estimate of drug-likeness (QED) is 0.674. The summed E-state index contributed by atoms with van der Waals surface area (Å²) in [6, 6.07) is 4.50. The van der Waals surface area contributed by atoms with Crippen molar-refractivity contribution in [2.75, 3.05) is 18.4 Å². The fourth-order valence-electron chi connectivity index (χ4n) is 2.07. The first-order valence-electron chi connectivity index (χ1n) is 6.24. The maximum absolute atomic E-state index is 12.1. The third-order valence-corrected chi connectivity index (χ3v) is 3.88. The molecule has 0 aromatic heterocycles. The Hall–Kier alpha value is -1.35. The first-order valence-corrected chi connectivity index (χ1v) is 7.32. The van der Waals surface area contributed by atoms with Crippen LogP contribution in [0.2, 0.25) is 0 Å². The minimum Gasteiger partial charge on any atom is -0.478 e. The fraction of sp³-hybridized carbons (Fsp3) is 0.385. The number of nitrogens with one attached hydrogen (secondary N) is 1. The lowest BCUT2D eigenvalue weighted by molar-refractivity contribution is 0.0698. The van der Waals surface area contributed by atoms with Crippen LogP contribution in [0.1, 0.15) is 23.2 Å². The van der Waals surface area contributed by atoms with Crippen molar-refractivity contribution >= 4 is 40.3 Å². The molecule has 0 aliphatic carbocycles. The molecule has 0 spiro atoms. The molecule has 1 aromatic rings. The smallest absolute Gasteiger partial charge is 0.337 e. The molecular formula is C13H15IN2O4. The molecule has 1 saturated heterocycles. The lowest BCUT2D eigenvalue weighted by atomic mass is 10.1. The number of hydrogen-bond donors (Lipinski definition) is 3. The van der Waals surface area contributed by atoms with Gasteiger partial charge in [0.25, 0.3) is 0 Å². The van der Waals surface area contributed by atoms with E-state index >= 15 is 0 Å². The van der Waals surface area contributed by atoms with Gasteiger partial charge in [-0.3, -0.25) is 0 Å². The van der Waals surface area contributed by atoms with Gasteiger partial charge >= 0.3 is 12.0 Å². The molecule has 20 heavy (non-hydrogen) atoms. The average molecular weight is 390 g/mol. The zero-order valence-electron chi connectivity index (χ0n) is 10.7. The molecule has 1 heterocycles. The number of rotatable bonds is 2. The molecular weight excluding hydrogens is 375 g/mol. The lowest BCUT2D eigenvalue weighted by Crippen LogP contribution is -2.42. The number of likely N-dealkylation sites (tertiary alicyclic amines) is 1. The molecule has 0 radical (unpaired) electrons. The van der Waals surface area contributed by atoms with E-state index in [-0.39, 0.29) is 23.4 Å². The van der Waals surface area contributed by atoms with Crippen molar-refractivity contribution in [2.45, 2.75) is 18.9 Å². The van der Waals surface area contributed by atoms with Crippen molar-refractivity contribution in [3.8, 4) is 0 Å². The number of nitrogens with zero attached hydrogens (tertiary/aromatic N) is 1. The lowest BCUT2D eigenvalue weighted by Gasteiger charge is -2.29. The zero-order chi connectivity index (χ0) is 14.7. The number of urea groups is 1. The highest BCUT2D eigenvalue weighted by atomic mass is 127. The summed E-state index contributed by atoms with van der Waals surface area (Å²) in [7, 11) is 0. The Kier molecular flexibility index (Phi) is 4.81. The van der Waals surface area contributed by atoms with Gasteiger partial charge in [0.05, 0.1) is 17.4 Å². The highest BCUT2D eigenvalue weighted by Crippen LogP contribution is 2.20. The number of carbonyl (C=O) groups excluding carboxylic acids is 1. The zero-order valence-corrected chi connectivity index (χ0v) is 12.8. The summed E-state index contributed by atoms with van der Waals surface area (Å²) in [5, 5.41) is 21.2. The number of aromatic carboxylic acids is 1. The molecule has 1 aromatic carbocycles. The maximum Gasteiger partial charge on any atom is 0.337 e. The Morgan fingerprint density at radius 2 is 1.95 bits per heavy atom. The predicted octanol–water partition coefficient (Wildman–Crippen LogP) is 1.98. The summed E-state index contributed by atoms with van der Waals surface area (Å²) >= 11 is 2.02. The predicted molar refractivity (Wildman–Crippen MR) is 82.0 cm³/mol. The molecule has 2 amide bonds. The van der Waals surface area contributed by atoms with E-state index < -0.39 is 5.97 Å². The van der Waals surface area contributed by atoms with Crippen molar-refractivity contribution in [1.82, 2.24) is 4.90 Å². The molecule has 1 aliphatic heterocycles. The summed E-state index contributed by atoms with van der Waals surface area (Å²) in [6.07, 6.45) is 0.740. The summed E-state index contributed by atoms with van der Waals surface area (Å²) in [5.41, 5.74) is 0.358. The standard InChI is InChI=1S/C13H15IN2O4/c14-8-1-2-11(10(7-8)12(18)19)15-13(20)16-5-3-9(17)4-6-16/h1-2,7,9,17H,3-6H2,(H,15,20)(H,18,19). The molecule has 2 rings (SSSR count). The third kappa shape index (κ3) is 3.60. The van der Waals surface area contributed by atoms with Crippen molar-refractivity contribution in [1.29, 1.82) is 0 Å². The number of carboxylic acids is 1. The Bertz CT molecular complexity index is 527. The van der Waals surface area contributed by atoms with Crippen LogP contribution in [0.15, 0.2) is 18.2 Å². The third-order valence-electron chi connectivity index (χ3n) is 3.21. The topological polar surface area (TPSA) is 89.9 Å². The minimum atomic E-state index is -1.08. The van der Waals surface area contributed by atoms with Gasteiger partial charge in [0.15, 0.2) is 0 Å². The number of amides is 2. The van der Waals surface area contributed by atoms with E-state index in [1.807, 2.05) is 22.6 Å². The van der Waals surface area contributed by atoms with Gasteiger partial charge in [0.1, 0.15) is 0 Å². The Balaban J connectivity index is 2.10. The van der Waals surface area contributed by atoms with Crippen LogP contribution < -0.4 is 5.32 Å². The highest BCUT2D eigenvalue weighted by Gasteiger charge is 2.22. The molecule has 108 valence electrons. The van der Waals surface area contributed by atoms with E-state index in [4.69, 9.17) is 5.11 Å². The second kappa shape index (κ2) is 6.40. The van der Waals surface area contributed by atoms with E-state index in [1.165, 1.54) is 6.07 Å². The van der Waals surface area contributed by atoms with Gasteiger partial charge in [-0.1, -0.05) is 0 Å². The van der Waals surface area contributed by atoms with E-state index in [0.29, 0.717) is 25.9 Å². The van der Waals surface area contributed by atoms with E-state index in [2.05, 4.69) is 5.32 Å². The van der Waals surface area contributed by atoms with E-state index in [9.17, 15) is 14.7 Å². The first kappa shape index (κ1) is 15.0. The number of benzene rings is 1. The number of hydrogen-bond acceptors (Lipinski definition) is 3. The van der Waals surface area contributed by atoms with Gasteiger partial charge < -0.3 is 20.4 Å². The maximum atomic E-state index is 12.1. The van der Waals surface area contributed by atoms with Crippen LogP contribution in [0.5, 0.6) is 0 Å². The number of anilines is 1. The second-order valence-electron chi connectivity index (χ2n) is 4.64. The van der Waals surface area contributed by atoms with Crippen LogP contribution in [0.3, 0.4) is 0 Å². The van der Waals surface area contributed by atoms with Crippen molar-refractivity contribution < 1.29 is 19.8 Å². The van der Waals surface area contributed by atoms with E-state index in [1.54, 1.807) is 17.0 Å². The van der Waals surface area contributed by atoms with Crippen LogP contribution >= 0.6 is 22.6 Å². The van der Waals surface area contributed by atoms with Gasteiger partial charge in [-0.15, -0.1) is 0 Å². The SMILES string of the molecule is O=C(O)c1cc(I)ccc1NC(=O)N1CCC(O)CC1. The van der Waals surface area contributed by atoms with Crippen LogP contribution in [-0.4, -0.2) is 46.3 Å². The van der Waals surface area contributed by atoms with E-state index in [0.717, 1.165) is 3.57 Å². The molecule has 6 nitrogen and oxygen atoms in total. The van der Waals surface area contributed by atoms with Gasteiger partial charge in [0, 0.05) is 16.7 Å². The summed E-state index contributed by atoms with van der Waals surface area (Å²) < 4.78 is 0.791. The summed E-state index contributed by atoms with van der Waals surface area (Å²) in [5.74, 6) is -1.08. The Morgan fingerprint density at radius 3 is 2.55 bits per heavy atom. The molecule has 0 atom stereocenters. The van der Waals surface area contributed by atoms with Gasteiger partial charge in [-0.2, -0.15) is 0 Å². The monoisotopic (exact) mass is 390 g/mol. The number of carboxylic acid groups (broad SMARTS) is 1. The van der Waals surface area contributed by atoms with Crippen molar-refractivity contribution in [3.05, 3.63) is 27.3 Å². The number of halogens is 1. The highest BCUT2D eigenvalue weighted by molar-refractivity contribution is 14.1. The molecule has 0 unspecified atom stereocenters. The number of carbonyl (C=O) groups is 2. The molecule has 7 heteroatoms. The molecule has 0 saturated carbocycles. The molecule has 0 bridgehead atoms. The van der Waals surface area contributed by atoms with Crippen molar-refractivity contribution in [3.63, 3.8) is 0 Å². The van der Waals surface area contributed by atoms with Crippen LogP contribution in [-0.2, 0) is 0 Å². The Morgan fingerprint density at radius 1 is 1.30 bits per heavy atom. The van der Waals surface area contributed by atoms with Gasteiger partial charge in [0.2, 0.25) is 0 Å². The van der Waals surface area contributed by atoms with Crippen molar-refractivity contribution in [2.24, 2.45) is 0 Å². The van der Waals surface area contributed by atoms with Gasteiger partial charge in [-0.05, 0) is 53.6 Å². The largest absolute Gasteiger partial charge is 0.478 e. The number of aliphatic hydroxyl groups is 1. The molecule has 1 aliphatic rings. The van der Waals surface area contributed by atoms with Crippen LogP contribution in [0.4, 0.5) is 10.5 Å². The average Bonchev–Trinajstić information content (AvgIpc) is 2.41. The van der Waals surface area contributed by atoms with Gasteiger partial charge in [-0.25, -0.2) is 9.59 Å². The minimum absolute atomic E-state index is 0.0716. The number of aliphatic hydroxyl groups excluding tert-OH is 1. The second-order valence-corrected chi connectivity index (χ2v) is 5.89. The first-order chi connectivity index (χ1) is 9.47. The normalized spacial score (nSPS) is 16.0. The van der Waals surface area contributed by atoms with Crippen LogP contribution in [0.25, 0.3) is 0 Å². The van der Waals surface area contributed by atoms with Crippen LogP contribution in [0, 0.1) is 3.57 Å². The Labute approximate surface area is 129 Å². The molecule has 3 N–H and O–H groups in total. The number of piperidine rings is 1. The summed E-state index contributed by atoms with van der Waals surface area (Å²) in [4.78, 5) is 24.8. The summed E-state index contributed by atoms with van der Waals surface area (Å²) in [6.45, 7) is 0.944.